The van der Waals surface area contributed by atoms with E-state index in [1.807, 2.05) is 0 Å². The highest BCUT2D eigenvalue weighted by atomic mass is 19.4. The number of methoxy groups -OCH3 is 1. The molecule has 7 nitrogen and oxygen atoms in total. The number of nitrogens with zero attached hydrogens (tertiary/aromatic N) is 3. The third-order valence-electron chi connectivity index (χ3n) is 4.33. The highest BCUT2D eigenvalue weighted by molar-refractivity contribution is 5.88. The van der Waals surface area contributed by atoms with Crippen LogP contribution in [-0.2, 0) is 6.18 Å². The van der Waals surface area contributed by atoms with Crippen LogP contribution in [0, 0.1) is 5.41 Å². The summed E-state index contributed by atoms with van der Waals surface area (Å²) in [5, 5.41) is 18.5. The highest BCUT2D eigenvalue weighted by Gasteiger charge is 2.30. The summed E-state index contributed by atoms with van der Waals surface area (Å²) in [5.41, 5.74) is 0.461. The Kier molecular flexibility index (Phi) is 4.45. The topological polar surface area (TPSA) is 91.6 Å². The van der Waals surface area contributed by atoms with Crippen molar-refractivity contribution >= 4 is 22.5 Å². The maximum atomic E-state index is 13.0. The first-order chi connectivity index (χ1) is 13.9. The number of halogens is 3. The molecule has 0 amide bonds. The van der Waals surface area contributed by atoms with E-state index in [4.69, 9.17) is 10.1 Å². The Labute approximate surface area is 162 Å². The van der Waals surface area contributed by atoms with Gasteiger partial charge in [0, 0.05) is 11.4 Å². The molecule has 0 aliphatic carbocycles. The van der Waals surface area contributed by atoms with Crippen molar-refractivity contribution in [3.63, 3.8) is 0 Å². The van der Waals surface area contributed by atoms with Gasteiger partial charge in [-0.3, -0.25) is 15.1 Å². The molecule has 2 heterocycles. The monoisotopic (exact) mass is 400 g/mol. The molecule has 0 aliphatic rings. The van der Waals surface area contributed by atoms with Crippen molar-refractivity contribution in [1.82, 2.24) is 19.7 Å². The van der Waals surface area contributed by atoms with Crippen LogP contribution < -0.4 is 15.5 Å². The first-order valence-corrected chi connectivity index (χ1v) is 8.46. The lowest BCUT2D eigenvalue weighted by Gasteiger charge is -2.11. The minimum Gasteiger partial charge on any atom is -0.497 e. The van der Waals surface area contributed by atoms with Crippen molar-refractivity contribution in [3.8, 4) is 11.4 Å². The zero-order chi connectivity index (χ0) is 20.6. The average molecular weight is 400 g/mol. The molecule has 4 rings (SSSR count). The van der Waals surface area contributed by atoms with Gasteiger partial charge in [0.15, 0.2) is 5.65 Å². The van der Waals surface area contributed by atoms with E-state index in [0.29, 0.717) is 16.8 Å². The summed E-state index contributed by atoms with van der Waals surface area (Å²) < 4.78 is 45.5. The molecule has 3 N–H and O–H groups in total. The molecule has 0 fully saturated rings. The van der Waals surface area contributed by atoms with Gasteiger partial charge in [-0.2, -0.15) is 18.3 Å². The molecule has 0 unspecified atom stereocenters. The number of H-pyrrole nitrogens is 1. The van der Waals surface area contributed by atoms with Gasteiger partial charge in [-0.05, 0) is 42.5 Å². The first kappa shape index (κ1) is 18.5. The molecule has 2 aromatic heterocycles. The van der Waals surface area contributed by atoms with Crippen LogP contribution in [0.1, 0.15) is 5.56 Å². The van der Waals surface area contributed by atoms with Crippen molar-refractivity contribution in [2.75, 3.05) is 12.4 Å². The van der Waals surface area contributed by atoms with Crippen LogP contribution in [0.5, 0.6) is 5.75 Å². The van der Waals surface area contributed by atoms with Crippen LogP contribution >= 0.6 is 0 Å². The molecule has 4 aromatic rings. The second-order valence-corrected chi connectivity index (χ2v) is 6.16. The Bertz CT molecular complexity index is 1230. The van der Waals surface area contributed by atoms with Crippen molar-refractivity contribution < 1.29 is 17.9 Å². The maximum absolute atomic E-state index is 13.0. The molecular weight excluding hydrogens is 385 g/mol. The van der Waals surface area contributed by atoms with Crippen molar-refractivity contribution in [1.29, 1.82) is 5.41 Å². The smallest absolute Gasteiger partial charge is 0.416 e. The Hall–Kier alpha value is -3.82. The van der Waals surface area contributed by atoms with E-state index in [0.717, 1.165) is 12.1 Å². The number of aromatic amines is 1. The Morgan fingerprint density at radius 1 is 1.14 bits per heavy atom. The summed E-state index contributed by atoms with van der Waals surface area (Å²) in [7, 11) is 1.56. The molecule has 0 spiro atoms. The van der Waals surface area contributed by atoms with E-state index in [1.54, 1.807) is 31.4 Å². The van der Waals surface area contributed by atoms with E-state index in [-0.39, 0.29) is 22.6 Å². The standard InChI is InChI=1S/C19H15F3N6O/c1-29-14-7-5-13(6-8-14)28-10-24-17-15(16(28)23)18(27-26-17)25-12-4-2-3-11(9-12)19(20,21)22/h2-10,23H,1H3,(H2,25,26,27). The van der Waals surface area contributed by atoms with Gasteiger partial charge in [-0.25, -0.2) is 4.98 Å². The van der Waals surface area contributed by atoms with E-state index < -0.39 is 11.7 Å². The minimum atomic E-state index is -4.45. The van der Waals surface area contributed by atoms with Crippen LogP contribution in [0.2, 0.25) is 0 Å². The van der Waals surface area contributed by atoms with Gasteiger partial charge in [-0.15, -0.1) is 0 Å². The lowest BCUT2D eigenvalue weighted by molar-refractivity contribution is -0.137. The number of nitrogens with one attached hydrogen (secondary N) is 3. The van der Waals surface area contributed by atoms with Gasteiger partial charge in [0.1, 0.15) is 28.8 Å². The zero-order valence-corrected chi connectivity index (χ0v) is 15.1. The molecule has 0 bridgehead atoms. The number of hydrogen-bond acceptors (Lipinski definition) is 5. The quantitative estimate of drug-likeness (QED) is 0.483. The molecule has 0 saturated heterocycles. The Balaban J connectivity index is 1.76. The minimum absolute atomic E-state index is 0.0726. The molecule has 0 atom stereocenters. The molecule has 29 heavy (non-hydrogen) atoms. The SMILES string of the molecule is COc1ccc(-n2cnc3n[nH]c(Nc4cccc(C(F)(F)F)c4)c3c2=N)cc1. The van der Waals surface area contributed by atoms with Crippen molar-refractivity contribution in [2.45, 2.75) is 6.18 Å². The number of anilines is 2. The molecule has 148 valence electrons. The van der Waals surface area contributed by atoms with E-state index in [9.17, 15) is 13.2 Å². The van der Waals surface area contributed by atoms with Crippen molar-refractivity contribution in [2.24, 2.45) is 0 Å². The summed E-state index contributed by atoms with van der Waals surface area (Å²) in [6.07, 6.45) is -2.99. The third kappa shape index (κ3) is 3.51. The van der Waals surface area contributed by atoms with Gasteiger partial charge < -0.3 is 10.1 Å². The van der Waals surface area contributed by atoms with Crippen molar-refractivity contribution in [3.05, 3.63) is 65.9 Å². The fraction of sp³-hybridized carbons (Fsp3) is 0.105. The summed E-state index contributed by atoms with van der Waals surface area (Å²) in [6, 6.07) is 11.8. The molecule has 0 saturated carbocycles. The maximum Gasteiger partial charge on any atom is 0.416 e. The fourth-order valence-electron chi connectivity index (χ4n) is 2.89. The van der Waals surface area contributed by atoms with Gasteiger partial charge >= 0.3 is 6.18 Å². The predicted octanol–water partition coefficient (Wildman–Crippen LogP) is 4.00. The summed E-state index contributed by atoms with van der Waals surface area (Å²) >= 11 is 0. The number of fused-ring (bicyclic) bond motifs is 1. The lowest BCUT2D eigenvalue weighted by atomic mass is 10.2. The average Bonchev–Trinajstić information content (AvgIpc) is 3.12. The van der Waals surface area contributed by atoms with Gasteiger partial charge in [0.2, 0.25) is 0 Å². The lowest BCUT2D eigenvalue weighted by Crippen LogP contribution is -2.19. The van der Waals surface area contributed by atoms with Crippen LogP contribution in [0.15, 0.2) is 54.9 Å². The number of ether oxygens (including phenoxy) is 1. The Morgan fingerprint density at radius 2 is 1.90 bits per heavy atom. The van der Waals surface area contributed by atoms with Gasteiger partial charge in [-0.1, -0.05) is 6.07 Å². The summed E-state index contributed by atoms with van der Waals surface area (Å²) in [5.74, 6) is 0.949. The highest BCUT2D eigenvalue weighted by Crippen LogP contribution is 2.31. The predicted molar refractivity (Wildman–Crippen MR) is 100 cm³/mol. The molecule has 0 aliphatic heterocycles. The van der Waals surface area contributed by atoms with Crippen LogP contribution in [0.4, 0.5) is 24.7 Å². The number of aromatic nitrogens is 4. The summed E-state index contributed by atoms with van der Waals surface area (Å²) in [6.45, 7) is 0. The Morgan fingerprint density at radius 3 is 2.59 bits per heavy atom. The fourth-order valence-corrected chi connectivity index (χ4v) is 2.89. The number of rotatable bonds is 4. The summed E-state index contributed by atoms with van der Waals surface area (Å²) in [4.78, 5) is 4.23. The van der Waals surface area contributed by atoms with E-state index >= 15 is 0 Å². The van der Waals surface area contributed by atoms with Gasteiger partial charge in [0.05, 0.1) is 12.7 Å². The van der Waals surface area contributed by atoms with Crippen LogP contribution in [-0.4, -0.2) is 26.9 Å². The second kappa shape index (κ2) is 6.97. The zero-order valence-electron chi connectivity index (χ0n) is 15.1. The van der Waals surface area contributed by atoms with E-state index in [2.05, 4.69) is 20.5 Å². The second-order valence-electron chi connectivity index (χ2n) is 6.16. The number of benzene rings is 2. The van der Waals surface area contributed by atoms with E-state index in [1.165, 1.54) is 23.0 Å². The third-order valence-corrected chi connectivity index (χ3v) is 4.33. The molecular formula is C19H15F3N6O. The van der Waals surface area contributed by atoms with Crippen LogP contribution in [0.25, 0.3) is 16.7 Å². The number of hydrogen-bond donors (Lipinski definition) is 3. The normalized spacial score (nSPS) is 11.6. The molecule has 0 radical (unpaired) electrons. The number of alkyl halides is 3. The molecule has 10 heteroatoms. The van der Waals surface area contributed by atoms with Crippen LogP contribution in [0.3, 0.4) is 0 Å². The largest absolute Gasteiger partial charge is 0.497 e. The van der Waals surface area contributed by atoms with Gasteiger partial charge in [0.25, 0.3) is 0 Å². The first-order valence-electron chi connectivity index (χ1n) is 8.46. The molecule has 2 aromatic carbocycles.